The third-order valence-electron chi connectivity index (χ3n) is 3.78. The van der Waals surface area contributed by atoms with E-state index in [1.54, 1.807) is 25.4 Å². The van der Waals surface area contributed by atoms with E-state index < -0.39 is 0 Å². The van der Waals surface area contributed by atoms with Gasteiger partial charge in [-0.3, -0.25) is 9.59 Å². The molecular weight excluding hydrogens is 326 g/mol. The van der Waals surface area contributed by atoms with Crippen LogP contribution in [0.25, 0.3) is 0 Å². The summed E-state index contributed by atoms with van der Waals surface area (Å²) in [6.07, 6.45) is 0.915. The van der Waals surface area contributed by atoms with Crippen molar-refractivity contribution in [2.45, 2.75) is 19.9 Å². The summed E-state index contributed by atoms with van der Waals surface area (Å²) < 4.78 is 0. The molecule has 2 amide bonds. The van der Waals surface area contributed by atoms with E-state index in [-0.39, 0.29) is 24.9 Å². The second kappa shape index (κ2) is 8.68. The van der Waals surface area contributed by atoms with E-state index in [4.69, 9.17) is 0 Å². The minimum atomic E-state index is -0.0482. The van der Waals surface area contributed by atoms with Crippen molar-refractivity contribution in [3.63, 3.8) is 0 Å². The Morgan fingerprint density at radius 3 is 2.88 bits per heavy atom. The van der Waals surface area contributed by atoms with Crippen LogP contribution < -0.4 is 10.6 Å². The number of rotatable bonds is 5. The van der Waals surface area contributed by atoms with Crippen LogP contribution in [0.3, 0.4) is 0 Å². The average Bonchev–Trinajstić information content (AvgIpc) is 3.04. The quantitative estimate of drug-likeness (QED) is 0.590. The second-order valence-corrected chi connectivity index (χ2v) is 6.77. The molecule has 0 radical (unpaired) electrons. The van der Waals surface area contributed by atoms with Crippen molar-refractivity contribution in [2.75, 3.05) is 40.3 Å². The van der Waals surface area contributed by atoms with Crippen molar-refractivity contribution in [1.82, 2.24) is 20.4 Å². The fourth-order valence-corrected chi connectivity index (χ4v) is 3.26. The lowest BCUT2D eigenvalue weighted by molar-refractivity contribution is -0.130. The van der Waals surface area contributed by atoms with Crippen molar-refractivity contribution in [1.29, 1.82) is 0 Å². The van der Waals surface area contributed by atoms with Gasteiger partial charge in [-0.1, -0.05) is 0 Å². The Morgan fingerprint density at radius 1 is 1.38 bits per heavy atom. The first kappa shape index (κ1) is 18.3. The Morgan fingerprint density at radius 2 is 2.17 bits per heavy atom. The molecule has 0 aliphatic carbocycles. The first-order chi connectivity index (χ1) is 11.5. The normalized spacial score (nSPS) is 14.1. The van der Waals surface area contributed by atoms with E-state index in [9.17, 15) is 9.59 Å². The molecule has 0 bridgehead atoms. The van der Waals surface area contributed by atoms with Gasteiger partial charge in [0, 0.05) is 38.6 Å². The van der Waals surface area contributed by atoms with Crippen molar-refractivity contribution >= 4 is 29.1 Å². The van der Waals surface area contributed by atoms with Crippen molar-refractivity contribution in [2.24, 2.45) is 4.99 Å². The van der Waals surface area contributed by atoms with Crippen LogP contribution >= 0.6 is 11.3 Å². The van der Waals surface area contributed by atoms with Gasteiger partial charge in [-0.25, -0.2) is 4.99 Å². The zero-order valence-corrected chi connectivity index (χ0v) is 15.3. The topological polar surface area (TPSA) is 77.0 Å². The van der Waals surface area contributed by atoms with Crippen molar-refractivity contribution in [3.05, 3.63) is 21.9 Å². The maximum Gasteiger partial charge on any atom is 0.244 e. The molecule has 7 nitrogen and oxygen atoms in total. The van der Waals surface area contributed by atoms with E-state index in [2.05, 4.69) is 27.1 Å². The van der Waals surface area contributed by atoms with Gasteiger partial charge in [-0.05, 0) is 30.4 Å². The Kier molecular flexibility index (Phi) is 6.60. The number of guanidine groups is 1. The lowest BCUT2D eigenvalue weighted by Gasteiger charge is -2.26. The monoisotopic (exact) mass is 351 g/mol. The molecule has 1 aromatic heterocycles. The van der Waals surface area contributed by atoms with Gasteiger partial charge < -0.3 is 20.4 Å². The van der Waals surface area contributed by atoms with Crippen LogP contribution in [-0.2, 0) is 22.6 Å². The Hall–Kier alpha value is -2.09. The third kappa shape index (κ3) is 4.95. The predicted molar refractivity (Wildman–Crippen MR) is 96.1 cm³/mol. The van der Waals surface area contributed by atoms with Crippen LogP contribution in [0.2, 0.25) is 0 Å². The number of amides is 2. The van der Waals surface area contributed by atoms with Gasteiger partial charge in [0.15, 0.2) is 5.96 Å². The van der Waals surface area contributed by atoms with Gasteiger partial charge >= 0.3 is 0 Å². The fraction of sp³-hybridized carbons (Fsp3) is 0.562. The summed E-state index contributed by atoms with van der Waals surface area (Å²) in [5, 5.41) is 8.07. The Labute approximate surface area is 146 Å². The summed E-state index contributed by atoms with van der Waals surface area (Å²) in [7, 11) is 3.40. The van der Waals surface area contributed by atoms with Crippen LogP contribution in [0.5, 0.6) is 0 Å². The van der Waals surface area contributed by atoms with Crippen LogP contribution in [-0.4, -0.2) is 67.8 Å². The van der Waals surface area contributed by atoms with Crippen molar-refractivity contribution < 1.29 is 9.59 Å². The number of fused-ring (bicyclic) bond motifs is 1. The lowest BCUT2D eigenvalue weighted by Crippen LogP contribution is -2.44. The average molecular weight is 351 g/mol. The molecule has 1 aliphatic heterocycles. The molecule has 0 saturated carbocycles. The molecule has 1 aliphatic rings. The summed E-state index contributed by atoms with van der Waals surface area (Å²) in [6, 6.07) is 2.08. The number of nitrogens with zero attached hydrogens (tertiary/aromatic N) is 3. The fourth-order valence-electron chi connectivity index (χ4n) is 2.37. The number of thiophene rings is 1. The molecule has 0 unspecified atom stereocenters. The molecule has 24 heavy (non-hydrogen) atoms. The first-order valence-electron chi connectivity index (χ1n) is 8.06. The van der Waals surface area contributed by atoms with Crippen LogP contribution in [0.15, 0.2) is 16.4 Å². The molecule has 2 rings (SSSR count). The molecule has 0 aromatic carbocycles. The molecule has 1 aromatic rings. The number of hydrogen-bond donors (Lipinski definition) is 2. The number of aliphatic imine (C=N–C) groups is 1. The smallest absolute Gasteiger partial charge is 0.244 e. The maximum atomic E-state index is 12.4. The highest BCUT2D eigenvalue weighted by Gasteiger charge is 2.21. The number of nitrogens with one attached hydrogen (secondary N) is 2. The van der Waals surface area contributed by atoms with Gasteiger partial charge in [-0.2, -0.15) is 0 Å². The number of hydrogen-bond acceptors (Lipinski definition) is 4. The predicted octanol–water partition coefficient (Wildman–Crippen LogP) is 0.276. The maximum absolute atomic E-state index is 12.4. The first-order valence-corrected chi connectivity index (χ1v) is 8.94. The highest BCUT2D eigenvalue weighted by atomic mass is 32.1. The standard InChI is InChI=1S/C16H25N5O2S/c1-4-17-16(18-9-14(22)20(2)3)19-10-15(23)21-7-5-13-12(11-21)6-8-24-13/h6,8H,4-5,7,9-11H2,1-3H3,(H2,17,18,19). The largest absolute Gasteiger partial charge is 0.357 e. The van der Waals surface area contributed by atoms with E-state index in [0.717, 1.165) is 13.0 Å². The van der Waals surface area contributed by atoms with Gasteiger partial charge in [0.25, 0.3) is 0 Å². The molecule has 0 spiro atoms. The van der Waals surface area contributed by atoms with Crippen molar-refractivity contribution in [3.8, 4) is 0 Å². The lowest BCUT2D eigenvalue weighted by atomic mass is 10.1. The summed E-state index contributed by atoms with van der Waals surface area (Å²) >= 11 is 1.75. The summed E-state index contributed by atoms with van der Waals surface area (Å²) in [5.41, 5.74) is 1.24. The summed E-state index contributed by atoms with van der Waals surface area (Å²) in [5.74, 6) is 0.435. The molecule has 0 atom stereocenters. The molecule has 2 heterocycles. The summed E-state index contributed by atoms with van der Waals surface area (Å²) in [6.45, 7) is 4.23. The zero-order chi connectivity index (χ0) is 17.5. The Balaban J connectivity index is 1.88. The SMILES string of the molecule is CCNC(=NCC(=O)N1CCc2sccc2C1)NCC(=O)N(C)C. The molecular formula is C16H25N5O2S. The molecule has 132 valence electrons. The molecule has 0 saturated heterocycles. The van der Waals surface area contributed by atoms with Crippen LogP contribution in [0.1, 0.15) is 17.4 Å². The van der Waals surface area contributed by atoms with Crippen LogP contribution in [0.4, 0.5) is 0 Å². The molecule has 0 fully saturated rings. The van der Waals surface area contributed by atoms with Gasteiger partial charge in [0.2, 0.25) is 11.8 Å². The summed E-state index contributed by atoms with van der Waals surface area (Å²) in [4.78, 5) is 33.0. The number of carbonyl (C=O) groups excluding carboxylic acids is 2. The minimum Gasteiger partial charge on any atom is -0.357 e. The highest BCUT2D eigenvalue weighted by Crippen LogP contribution is 2.23. The van der Waals surface area contributed by atoms with E-state index in [0.29, 0.717) is 19.0 Å². The number of likely N-dealkylation sites (N-methyl/N-ethyl adjacent to an activating group) is 1. The zero-order valence-electron chi connectivity index (χ0n) is 14.5. The Bertz CT molecular complexity index is 611. The van der Waals surface area contributed by atoms with Gasteiger partial charge in [0.1, 0.15) is 6.54 Å². The second-order valence-electron chi connectivity index (χ2n) is 5.77. The van der Waals surface area contributed by atoms with Crippen LogP contribution in [0, 0.1) is 0 Å². The van der Waals surface area contributed by atoms with E-state index in [1.807, 2.05) is 11.8 Å². The highest BCUT2D eigenvalue weighted by molar-refractivity contribution is 7.10. The van der Waals surface area contributed by atoms with Gasteiger partial charge in [-0.15, -0.1) is 11.3 Å². The third-order valence-corrected chi connectivity index (χ3v) is 4.81. The minimum absolute atomic E-state index is 0.00277. The molecule has 2 N–H and O–H groups in total. The van der Waals surface area contributed by atoms with E-state index in [1.165, 1.54) is 15.3 Å². The molecule has 8 heteroatoms. The van der Waals surface area contributed by atoms with E-state index >= 15 is 0 Å². The van der Waals surface area contributed by atoms with Gasteiger partial charge in [0.05, 0.1) is 6.54 Å². The number of carbonyl (C=O) groups is 2.